The van der Waals surface area contributed by atoms with Crippen LogP contribution in [0, 0.1) is 5.41 Å². The topological polar surface area (TPSA) is 84.3 Å². The zero-order valence-electron chi connectivity index (χ0n) is 13.9. The van der Waals surface area contributed by atoms with Crippen molar-refractivity contribution in [3.8, 4) is 0 Å². The number of amides is 1. The molecule has 0 atom stereocenters. The van der Waals surface area contributed by atoms with Crippen molar-refractivity contribution in [2.24, 2.45) is 5.73 Å². The molecule has 132 valence electrons. The molecule has 1 fully saturated rings. The van der Waals surface area contributed by atoms with Crippen LogP contribution in [-0.2, 0) is 17.8 Å². The van der Waals surface area contributed by atoms with Gasteiger partial charge in [0.2, 0.25) is 0 Å². The molecule has 0 saturated carbocycles. The Labute approximate surface area is 151 Å². The van der Waals surface area contributed by atoms with E-state index < -0.39 is 5.91 Å². The Morgan fingerprint density at radius 2 is 1.76 bits per heavy atom. The Morgan fingerprint density at radius 1 is 1.16 bits per heavy atom. The van der Waals surface area contributed by atoms with E-state index in [1.807, 2.05) is 12.1 Å². The molecule has 3 N–H and O–H groups in total. The summed E-state index contributed by atoms with van der Waals surface area (Å²) in [6, 6.07) is 9.68. The van der Waals surface area contributed by atoms with E-state index in [4.69, 9.17) is 27.5 Å². The summed E-state index contributed by atoms with van der Waals surface area (Å²) in [7, 11) is 0. The number of carbonyl (C=O) groups is 1. The first-order chi connectivity index (χ1) is 12.0. The van der Waals surface area contributed by atoms with Crippen LogP contribution in [0.5, 0.6) is 0 Å². The first kappa shape index (κ1) is 17.7. The highest BCUT2D eigenvalue weighted by Gasteiger charge is 2.11. The first-order valence-electron chi connectivity index (χ1n) is 8.15. The zero-order valence-corrected chi connectivity index (χ0v) is 14.6. The number of nitrogens with two attached hydrogens (primary N) is 1. The van der Waals surface area contributed by atoms with Crippen LogP contribution in [0.3, 0.4) is 0 Å². The Kier molecular flexibility index (Phi) is 5.53. The summed E-state index contributed by atoms with van der Waals surface area (Å²) in [5, 5.41) is 8.50. The smallest absolute Gasteiger partial charge is 0.252 e. The number of ether oxygens (including phenoxy) is 1. The van der Waals surface area contributed by atoms with Gasteiger partial charge in [0.15, 0.2) is 0 Å². The predicted octanol–water partition coefficient (Wildman–Crippen LogP) is 1.60. The molecule has 0 spiro atoms. The third-order valence-corrected chi connectivity index (χ3v) is 4.46. The number of nitrogens with one attached hydrogen (secondary N) is 1. The highest BCUT2D eigenvalue weighted by atomic mass is 35.5. The fourth-order valence-corrected chi connectivity index (χ4v) is 3.12. The maximum absolute atomic E-state index is 11.4. The molecule has 0 unspecified atom stereocenters. The van der Waals surface area contributed by atoms with Crippen molar-refractivity contribution in [1.29, 1.82) is 5.41 Å². The fraction of sp³-hybridized carbons (Fsp3) is 0.333. The van der Waals surface area contributed by atoms with Crippen LogP contribution in [0.4, 0.5) is 0 Å². The summed E-state index contributed by atoms with van der Waals surface area (Å²) in [5.74, 6) is -0.651. The number of hydrogen-bond acceptors (Lipinski definition) is 4. The summed E-state index contributed by atoms with van der Waals surface area (Å²) in [6.45, 7) is 4.85. The molecule has 1 aromatic heterocycles. The molecule has 2 heterocycles. The van der Waals surface area contributed by atoms with Crippen LogP contribution in [0.2, 0.25) is 5.02 Å². The summed E-state index contributed by atoms with van der Waals surface area (Å²) in [6.07, 6.45) is 1.64. The monoisotopic (exact) mass is 360 g/mol. The average Bonchev–Trinajstić information content (AvgIpc) is 2.60. The van der Waals surface area contributed by atoms with Gasteiger partial charge in [-0.05, 0) is 17.2 Å². The van der Waals surface area contributed by atoms with E-state index in [0.29, 0.717) is 11.6 Å². The van der Waals surface area contributed by atoms with Crippen LogP contribution in [0.15, 0.2) is 36.5 Å². The SMILES string of the molecule is N=c1c(C(N)=O)cc(Cl)cn1Cc1ccc(CN2CCOCC2)cc1. The standard InChI is InChI=1S/C18H21ClN4O2/c19-15-9-16(18(21)24)17(20)23(12-15)11-14-3-1-13(2-4-14)10-22-5-7-25-8-6-22/h1-4,9,12,20H,5-8,10-11H2,(H2,21,24). The maximum Gasteiger partial charge on any atom is 0.252 e. The van der Waals surface area contributed by atoms with Gasteiger partial charge < -0.3 is 15.0 Å². The predicted molar refractivity (Wildman–Crippen MR) is 95.5 cm³/mol. The number of pyridine rings is 1. The van der Waals surface area contributed by atoms with Crippen LogP contribution in [0.1, 0.15) is 21.5 Å². The Bertz CT molecular complexity index is 811. The maximum atomic E-state index is 11.4. The van der Waals surface area contributed by atoms with Crippen LogP contribution >= 0.6 is 11.6 Å². The van der Waals surface area contributed by atoms with Crippen molar-refractivity contribution >= 4 is 17.5 Å². The molecule has 2 aromatic rings. The van der Waals surface area contributed by atoms with Crippen molar-refractivity contribution in [3.63, 3.8) is 0 Å². The number of benzene rings is 1. The number of morpholine rings is 1. The number of hydrogen-bond donors (Lipinski definition) is 2. The lowest BCUT2D eigenvalue weighted by Gasteiger charge is -2.26. The number of carbonyl (C=O) groups excluding carboxylic acids is 1. The van der Waals surface area contributed by atoms with Gasteiger partial charge in [0.1, 0.15) is 5.49 Å². The van der Waals surface area contributed by atoms with Crippen molar-refractivity contribution < 1.29 is 9.53 Å². The minimum absolute atomic E-state index is 0.0642. The first-order valence-corrected chi connectivity index (χ1v) is 8.53. The van der Waals surface area contributed by atoms with E-state index in [1.165, 1.54) is 11.6 Å². The molecular formula is C18H21ClN4O2. The number of primary amides is 1. The minimum Gasteiger partial charge on any atom is -0.379 e. The molecule has 1 aromatic carbocycles. The summed E-state index contributed by atoms with van der Waals surface area (Å²) >= 11 is 6.04. The van der Waals surface area contributed by atoms with Gasteiger partial charge >= 0.3 is 0 Å². The zero-order chi connectivity index (χ0) is 17.8. The van der Waals surface area contributed by atoms with Gasteiger partial charge in [-0.3, -0.25) is 15.1 Å². The van der Waals surface area contributed by atoms with E-state index in [-0.39, 0.29) is 11.1 Å². The number of nitrogens with zero attached hydrogens (tertiary/aromatic N) is 2. The molecule has 1 amide bonds. The van der Waals surface area contributed by atoms with Crippen molar-refractivity contribution in [2.75, 3.05) is 26.3 Å². The molecule has 0 radical (unpaired) electrons. The highest BCUT2D eigenvalue weighted by molar-refractivity contribution is 6.30. The Balaban J connectivity index is 1.73. The quantitative estimate of drug-likeness (QED) is 0.849. The second kappa shape index (κ2) is 7.82. The molecule has 3 rings (SSSR count). The third kappa shape index (κ3) is 4.48. The number of rotatable bonds is 5. The lowest BCUT2D eigenvalue weighted by molar-refractivity contribution is 0.0342. The summed E-state index contributed by atoms with van der Waals surface area (Å²) in [4.78, 5) is 13.8. The van der Waals surface area contributed by atoms with E-state index in [0.717, 1.165) is 38.4 Å². The van der Waals surface area contributed by atoms with E-state index in [1.54, 1.807) is 10.8 Å². The van der Waals surface area contributed by atoms with Crippen molar-refractivity contribution in [2.45, 2.75) is 13.1 Å². The van der Waals surface area contributed by atoms with Gasteiger partial charge in [0.05, 0.1) is 23.8 Å². The Morgan fingerprint density at radius 3 is 2.36 bits per heavy atom. The van der Waals surface area contributed by atoms with Gasteiger partial charge in [-0.1, -0.05) is 35.9 Å². The van der Waals surface area contributed by atoms with Gasteiger partial charge in [-0.25, -0.2) is 0 Å². The molecule has 1 saturated heterocycles. The number of halogens is 1. The molecule has 1 aliphatic rings. The largest absolute Gasteiger partial charge is 0.379 e. The van der Waals surface area contributed by atoms with Gasteiger partial charge in [-0.2, -0.15) is 0 Å². The van der Waals surface area contributed by atoms with Gasteiger partial charge in [-0.15, -0.1) is 0 Å². The second-order valence-electron chi connectivity index (χ2n) is 6.12. The molecule has 0 bridgehead atoms. The van der Waals surface area contributed by atoms with Gasteiger partial charge in [0, 0.05) is 32.4 Å². The van der Waals surface area contributed by atoms with Crippen LogP contribution < -0.4 is 11.2 Å². The molecule has 25 heavy (non-hydrogen) atoms. The number of aromatic nitrogens is 1. The average molecular weight is 361 g/mol. The van der Waals surface area contributed by atoms with Crippen LogP contribution in [-0.4, -0.2) is 41.7 Å². The highest BCUT2D eigenvalue weighted by Crippen LogP contribution is 2.12. The van der Waals surface area contributed by atoms with Gasteiger partial charge in [0.25, 0.3) is 5.91 Å². The molecule has 0 aliphatic carbocycles. The lowest BCUT2D eigenvalue weighted by atomic mass is 10.1. The van der Waals surface area contributed by atoms with Crippen LogP contribution in [0.25, 0.3) is 0 Å². The third-order valence-electron chi connectivity index (χ3n) is 4.25. The molecule has 7 heteroatoms. The van der Waals surface area contributed by atoms with Crippen molar-refractivity contribution in [1.82, 2.24) is 9.47 Å². The Hall–Kier alpha value is -2.15. The normalized spacial score (nSPS) is 15.2. The molecule has 1 aliphatic heterocycles. The van der Waals surface area contributed by atoms with E-state index >= 15 is 0 Å². The second-order valence-corrected chi connectivity index (χ2v) is 6.55. The minimum atomic E-state index is -0.651. The summed E-state index contributed by atoms with van der Waals surface area (Å²) in [5.41, 5.74) is 7.77. The fourth-order valence-electron chi connectivity index (χ4n) is 2.89. The molecule has 6 nitrogen and oxygen atoms in total. The molecular weight excluding hydrogens is 340 g/mol. The van der Waals surface area contributed by atoms with E-state index in [9.17, 15) is 4.79 Å². The van der Waals surface area contributed by atoms with E-state index in [2.05, 4.69) is 17.0 Å². The lowest BCUT2D eigenvalue weighted by Crippen LogP contribution is -2.35. The van der Waals surface area contributed by atoms with Crippen molar-refractivity contribution in [3.05, 3.63) is 63.7 Å². The summed E-state index contributed by atoms with van der Waals surface area (Å²) < 4.78 is 6.99.